The third-order valence-corrected chi connectivity index (χ3v) is 4.66. The van der Waals surface area contributed by atoms with Crippen molar-refractivity contribution in [3.8, 4) is 5.75 Å². The number of rotatable bonds is 3. The molecule has 0 saturated carbocycles. The number of methoxy groups -OCH3 is 1. The van der Waals surface area contributed by atoms with Gasteiger partial charge in [-0.3, -0.25) is 10.1 Å². The Morgan fingerprint density at radius 3 is 2.62 bits per heavy atom. The van der Waals surface area contributed by atoms with Gasteiger partial charge in [0.1, 0.15) is 11.8 Å². The molecule has 0 radical (unpaired) electrons. The maximum Gasteiger partial charge on any atom is 0.321 e. The van der Waals surface area contributed by atoms with Gasteiger partial charge >= 0.3 is 5.97 Å². The molecule has 1 aliphatic heterocycles. The van der Waals surface area contributed by atoms with Gasteiger partial charge in [0.25, 0.3) is 0 Å². The van der Waals surface area contributed by atoms with E-state index in [0.29, 0.717) is 6.42 Å². The molecule has 3 N–H and O–H groups in total. The second kappa shape index (κ2) is 5.69. The molecule has 3 aromatic rings. The number of aliphatic carboxylic acids is 1. The monoisotopic (exact) mass is 322 g/mol. The summed E-state index contributed by atoms with van der Waals surface area (Å²) in [6.45, 7) is 0. The molecule has 0 fully saturated rings. The summed E-state index contributed by atoms with van der Waals surface area (Å²) in [5.41, 5.74) is 4.17. The third kappa shape index (κ3) is 2.34. The van der Waals surface area contributed by atoms with Crippen LogP contribution in [0.3, 0.4) is 0 Å². The van der Waals surface area contributed by atoms with Crippen molar-refractivity contribution < 1.29 is 14.6 Å². The van der Waals surface area contributed by atoms with Crippen LogP contribution in [0.15, 0.2) is 48.5 Å². The first kappa shape index (κ1) is 14.8. The lowest BCUT2D eigenvalue weighted by molar-refractivity contribution is -0.139. The first-order valence-electron chi connectivity index (χ1n) is 7.89. The quantitative estimate of drug-likeness (QED) is 0.693. The summed E-state index contributed by atoms with van der Waals surface area (Å²) < 4.78 is 5.21. The molecule has 0 bridgehead atoms. The number of ether oxygens (including phenoxy) is 1. The fraction of sp³-hybridized carbons (Fsp3) is 0.211. The fourth-order valence-electron chi connectivity index (χ4n) is 3.45. The van der Waals surface area contributed by atoms with Crippen LogP contribution in [-0.4, -0.2) is 29.2 Å². The SMILES string of the molecule is COc1ccc(C2N[C@H](C(=O)O)Cc3c2[nH]c2ccccc32)cc1. The van der Waals surface area contributed by atoms with Gasteiger partial charge in [-0.05, 0) is 29.3 Å². The first-order chi connectivity index (χ1) is 11.7. The predicted molar refractivity (Wildman–Crippen MR) is 91.4 cm³/mol. The highest BCUT2D eigenvalue weighted by molar-refractivity contribution is 5.87. The molecule has 0 aliphatic carbocycles. The van der Waals surface area contributed by atoms with E-state index < -0.39 is 12.0 Å². The van der Waals surface area contributed by atoms with E-state index in [1.807, 2.05) is 48.5 Å². The number of fused-ring (bicyclic) bond motifs is 3. The topological polar surface area (TPSA) is 74.3 Å². The Morgan fingerprint density at radius 1 is 1.17 bits per heavy atom. The Bertz CT molecular complexity index is 899. The molecular formula is C19H18N2O3. The summed E-state index contributed by atoms with van der Waals surface area (Å²) in [5, 5.41) is 13.9. The molecule has 0 spiro atoms. The van der Waals surface area contributed by atoms with Crippen LogP contribution in [0, 0.1) is 0 Å². The number of nitrogens with one attached hydrogen (secondary N) is 2. The van der Waals surface area contributed by atoms with Gasteiger partial charge in [0.2, 0.25) is 0 Å². The molecule has 1 aliphatic rings. The average molecular weight is 322 g/mol. The molecule has 122 valence electrons. The van der Waals surface area contributed by atoms with Crippen LogP contribution in [0.25, 0.3) is 10.9 Å². The summed E-state index contributed by atoms with van der Waals surface area (Å²) in [7, 11) is 1.63. The Labute approximate surface area is 139 Å². The highest BCUT2D eigenvalue weighted by Gasteiger charge is 2.33. The van der Waals surface area contributed by atoms with Gasteiger partial charge < -0.3 is 14.8 Å². The second-order valence-corrected chi connectivity index (χ2v) is 6.03. The van der Waals surface area contributed by atoms with Gasteiger partial charge in [-0.1, -0.05) is 30.3 Å². The van der Waals surface area contributed by atoms with E-state index in [0.717, 1.165) is 33.5 Å². The van der Waals surface area contributed by atoms with Crippen LogP contribution in [0.1, 0.15) is 22.9 Å². The summed E-state index contributed by atoms with van der Waals surface area (Å²) in [4.78, 5) is 15.1. The lowest BCUT2D eigenvalue weighted by Gasteiger charge is -2.29. The van der Waals surface area contributed by atoms with E-state index in [2.05, 4.69) is 10.3 Å². The number of hydrogen-bond donors (Lipinski definition) is 3. The van der Waals surface area contributed by atoms with Crippen LogP contribution < -0.4 is 10.1 Å². The summed E-state index contributed by atoms with van der Waals surface area (Å²) in [5.74, 6) is -0.0503. The van der Waals surface area contributed by atoms with E-state index in [-0.39, 0.29) is 6.04 Å². The molecule has 0 amide bonds. The highest BCUT2D eigenvalue weighted by Crippen LogP contribution is 2.35. The Hall–Kier alpha value is -2.79. The lowest BCUT2D eigenvalue weighted by atomic mass is 9.90. The standard InChI is InChI=1S/C19H18N2O3/c1-24-12-8-6-11(7-9-12)17-18-14(10-16(21-17)19(22)23)13-4-2-3-5-15(13)20-18/h2-9,16-17,20-21H,10H2,1H3,(H,22,23)/t16-,17?/m0/s1. The molecule has 2 aromatic carbocycles. The van der Waals surface area contributed by atoms with Gasteiger partial charge in [-0.2, -0.15) is 0 Å². The summed E-state index contributed by atoms with van der Waals surface area (Å²) in [6, 6.07) is 15.0. The number of benzene rings is 2. The number of hydrogen-bond acceptors (Lipinski definition) is 3. The fourth-order valence-corrected chi connectivity index (χ4v) is 3.45. The number of carboxylic acid groups (broad SMARTS) is 1. The number of carboxylic acids is 1. The lowest BCUT2D eigenvalue weighted by Crippen LogP contribution is -2.44. The van der Waals surface area contributed by atoms with Crippen LogP contribution in [0.2, 0.25) is 0 Å². The van der Waals surface area contributed by atoms with E-state index in [9.17, 15) is 9.90 Å². The van der Waals surface area contributed by atoms with Crippen molar-refractivity contribution in [1.82, 2.24) is 10.3 Å². The molecule has 0 saturated heterocycles. The van der Waals surface area contributed by atoms with E-state index >= 15 is 0 Å². The van der Waals surface area contributed by atoms with Crippen molar-refractivity contribution >= 4 is 16.9 Å². The minimum Gasteiger partial charge on any atom is -0.497 e. The van der Waals surface area contributed by atoms with Crippen LogP contribution in [0.4, 0.5) is 0 Å². The number of H-pyrrole nitrogens is 1. The maximum absolute atomic E-state index is 11.6. The predicted octanol–water partition coefficient (Wildman–Crippen LogP) is 2.86. The summed E-state index contributed by atoms with van der Waals surface area (Å²) >= 11 is 0. The minimum absolute atomic E-state index is 0.187. The van der Waals surface area contributed by atoms with Crippen LogP contribution >= 0.6 is 0 Å². The molecule has 5 nitrogen and oxygen atoms in total. The van der Waals surface area contributed by atoms with Gasteiger partial charge in [0.05, 0.1) is 13.2 Å². The maximum atomic E-state index is 11.6. The zero-order valence-electron chi connectivity index (χ0n) is 13.2. The van der Waals surface area contributed by atoms with E-state index in [1.165, 1.54) is 0 Å². The average Bonchev–Trinajstić information content (AvgIpc) is 2.99. The molecule has 24 heavy (non-hydrogen) atoms. The van der Waals surface area contributed by atoms with Crippen molar-refractivity contribution in [2.75, 3.05) is 7.11 Å². The molecule has 1 unspecified atom stereocenters. The second-order valence-electron chi connectivity index (χ2n) is 6.03. The van der Waals surface area contributed by atoms with Gasteiger partial charge in [0, 0.05) is 23.0 Å². The van der Waals surface area contributed by atoms with Crippen molar-refractivity contribution in [3.63, 3.8) is 0 Å². The van der Waals surface area contributed by atoms with Gasteiger partial charge in [0.15, 0.2) is 0 Å². The number of aromatic amines is 1. The minimum atomic E-state index is -0.829. The van der Waals surface area contributed by atoms with Crippen LogP contribution in [0.5, 0.6) is 5.75 Å². The molecule has 4 rings (SSSR count). The Kier molecular flexibility index (Phi) is 3.50. The third-order valence-electron chi connectivity index (χ3n) is 4.66. The molecule has 1 aromatic heterocycles. The number of aromatic nitrogens is 1. The van der Waals surface area contributed by atoms with Crippen LogP contribution in [-0.2, 0) is 11.2 Å². The number of carbonyl (C=O) groups is 1. The van der Waals surface area contributed by atoms with Crippen molar-refractivity contribution in [3.05, 3.63) is 65.4 Å². The largest absolute Gasteiger partial charge is 0.497 e. The van der Waals surface area contributed by atoms with Crippen molar-refractivity contribution in [2.45, 2.75) is 18.5 Å². The molecular weight excluding hydrogens is 304 g/mol. The Morgan fingerprint density at radius 2 is 1.92 bits per heavy atom. The van der Waals surface area contributed by atoms with Gasteiger partial charge in [-0.15, -0.1) is 0 Å². The van der Waals surface area contributed by atoms with Crippen molar-refractivity contribution in [2.24, 2.45) is 0 Å². The molecule has 2 atom stereocenters. The van der Waals surface area contributed by atoms with Crippen molar-refractivity contribution in [1.29, 1.82) is 0 Å². The first-order valence-corrected chi connectivity index (χ1v) is 7.89. The highest BCUT2D eigenvalue weighted by atomic mass is 16.5. The zero-order valence-corrected chi connectivity index (χ0v) is 13.2. The zero-order chi connectivity index (χ0) is 16.7. The van der Waals surface area contributed by atoms with E-state index in [4.69, 9.17) is 4.74 Å². The summed E-state index contributed by atoms with van der Waals surface area (Å²) in [6.07, 6.45) is 0.474. The number of para-hydroxylation sites is 1. The molecule has 5 heteroatoms. The van der Waals surface area contributed by atoms with E-state index in [1.54, 1.807) is 7.11 Å². The van der Waals surface area contributed by atoms with Gasteiger partial charge in [-0.25, -0.2) is 0 Å². The molecule has 2 heterocycles. The Balaban J connectivity index is 1.85. The normalized spacial score (nSPS) is 19.9. The smallest absolute Gasteiger partial charge is 0.321 e.